The summed E-state index contributed by atoms with van der Waals surface area (Å²) in [6.45, 7) is 10.9. The highest BCUT2D eigenvalue weighted by molar-refractivity contribution is 7.89. The molecule has 1 heterocycles. The van der Waals surface area contributed by atoms with Gasteiger partial charge in [-0.2, -0.15) is 13.2 Å². The smallest absolute Gasteiger partial charge is 0.415 e. The Hall–Kier alpha value is -1.73. The summed E-state index contributed by atoms with van der Waals surface area (Å²) in [6.07, 6.45) is -4.08. The minimum Gasteiger partial charge on any atom is -0.415 e. The number of anilines is 2. The third-order valence-corrected chi connectivity index (χ3v) is 11.4. The van der Waals surface area contributed by atoms with Crippen LogP contribution in [0.25, 0.3) is 0 Å². The van der Waals surface area contributed by atoms with Gasteiger partial charge in [0.1, 0.15) is 10.7 Å². The molecule has 0 spiro atoms. The number of hydrogen-bond donors (Lipinski definition) is 2. The van der Waals surface area contributed by atoms with E-state index in [1.807, 2.05) is 0 Å². The molecule has 0 atom stereocenters. The Morgan fingerprint density at radius 2 is 1.72 bits per heavy atom. The third-order valence-electron chi connectivity index (χ3n) is 5.13. The van der Waals surface area contributed by atoms with Crippen LogP contribution in [0.15, 0.2) is 35.4 Å². The van der Waals surface area contributed by atoms with E-state index in [4.69, 9.17) is 16.0 Å². The lowest BCUT2D eigenvalue weighted by Crippen LogP contribution is -2.42. The largest absolute Gasteiger partial charge is 0.420 e. The van der Waals surface area contributed by atoms with E-state index in [9.17, 15) is 21.6 Å². The van der Waals surface area contributed by atoms with Crippen LogP contribution in [0.4, 0.5) is 24.8 Å². The normalized spacial score (nSPS) is 13.3. The Bertz CT molecular complexity index is 1040. The number of halogens is 4. The van der Waals surface area contributed by atoms with Crippen LogP contribution >= 0.6 is 11.6 Å². The van der Waals surface area contributed by atoms with Gasteiger partial charge in [0.2, 0.25) is 16.0 Å². The van der Waals surface area contributed by atoms with Gasteiger partial charge in [-0.1, -0.05) is 32.4 Å². The Labute approximate surface area is 191 Å². The molecule has 0 radical (unpaired) electrons. The lowest BCUT2D eigenvalue weighted by molar-refractivity contribution is -0.137. The molecule has 0 fully saturated rings. The standard InChI is InChI=1S/C19H26ClF3N4O3SSi/c1-18(2,3)32(4,5)30-11-10-25-31(28,29)14-8-6-13(7-9-14)26-17-24-12-15(16(20)27-17)19(21,22)23/h6-9,12,25H,10-11H2,1-5H3,(H,24,26,27). The summed E-state index contributed by atoms with van der Waals surface area (Å²) in [5.41, 5.74) is -0.768. The molecule has 0 unspecified atom stereocenters. The Kier molecular flexibility index (Phi) is 7.98. The Balaban J connectivity index is 1.98. The summed E-state index contributed by atoms with van der Waals surface area (Å²) >= 11 is 5.57. The summed E-state index contributed by atoms with van der Waals surface area (Å²) < 4.78 is 71.6. The highest BCUT2D eigenvalue weighted by Crippen LogP contribution is 2.36. The van der Waals surface area contributed by atoms with Crippen molar-refractivity contribution >= 4 is 41.6 Å². The van der Waals surface area contributed by atoms with Crippen LogP contribution in [0.1, 0.15) is 26.3 Å². The lowest BCUT2D eigenvalue weighted by atomic mass is 10.2. The molecule has 2 rings (SSSR count). The summed E-state index contributed by atoms with van der Waals surface area (Å²) in [7, 11) is -5.72. The lowest BCUT2D eigenvalue weighted by Gasteiger charge is -2.36. The zero-order valence-electron chi connectivity index (χ0n) is 18.3. The number of nitrogens with zero attached hydrogens (tertiary/aromatic N) is 2. The van der Waals surface area contributed by atoms with Gasteiger partial charge in [0.15, 0.2) is 8.32 Å². The zero-order valence-corrected chi connectivity index (χ0v) is 20.9. The molecule has 0 bridgehead atoms. The van der Waals surface area contributed by atoms with Crippen LogP contribution < -0.4 is 10.0 Å². The first-order valence-corrected chi connectivity index (χ1v) is 14.4. The molecule has 178 valence electrons. The maximum Gasteiger partial charge on any atom is 0.420 e. The second kappa shape index (κ2) is 9.63. The molecule has 1 aromatic heterocycles. The van der Waals surface area contributed by atoms with Crippen molar-refractivity contribution in [2.75, 3.05) is 18.5 Å². The van der Waals surface area contributed by atoms with E-state index in [0.29, 0.717) is 11.9 Å². The van der Waals surface area contributed by atoms with E-state index in [1.165, 1.54) is 24.3 Å². The summed E-state index contributed by atoms with van der Waals surface area (Å²) in [4.78, 5) is 7.20. The first-order valence-electron chi connectivity index (χ1n) is 9.63. The van der Waals surface area contributed by atoms with Gasteiger partial charge in [-0.25, -0.2) is 23.1 Å². The SMILES string of the molecule is CC(C)(C)[Si](C)(C)OCCNS(=O)(=O)c1ccc(Nc2ncc(C(F)(F)F)c(Cl)n2)cc1. The fraction of sp³-hybridized carbons (Fsp3) is 0.474. The van der Waals surface area contributed by atoms with Crippen molar-refractivity contribution in [1.29, 1.82) is 0 Å². The molecule has 0 amide bonds. The van der Waals surface area contributed by atoms with E-state index in [0.717, 1.165) is 0 Å². The monoisotopic (exact) mass is 510 g/mol. The molecule has 2 aromatic rings. The van der Waals surface area contributed by atoms with Crippen molar-refractivity contribution in [2.45, 2.75) is 50.0 Å². The number of sulfonamides is 1. The molecular weight excluding hydrogens is 485 g/mol. The molecule has 13 heteroatoms. The predicted octanol–water partition coefficient (Wildman–Crippen LogP) is 5.19. The van der Waals surface area contributed by atoms with Gasteiger partial charge in [-0.15, -0.1) is 0 Å². The minimum absolute atomic E-state index is 0.0235. The molecule has 32 heavy (non-hydrogen) atoms. The fourth-order valence-corrected chi connectivity index (χ4v) is 4.53. The maximum absolute atomic E-state index is 12.7. The maximum atomic E-state index is 12.7. The number of aromatic nitrogens is 2. The fourth-order valence-electron chi connectivity index (χ4n) is 2.24. The van der Waals surface area contributed by atoms with Gasteiger partial charge in [0.05, 0.1) is 4.90 Å². The molecule has 0 saturated carbocycles. The zero-order chi connectivity index (χ0) is 24.4. The first-order chi connectivity index (χ1) is 14.5. The van der Waals surface area contributed by atoms with Crippen LogP contribution in [0.3, 0.4) is 0 Å². The number of hydrogen-bond acceptors (Lipinski definition) is 6. The number of benzene rings is 1. The van der Waals surface area contributed by atoms with Crippen molar-refractivity contribution < 1.29 is 26.0 Å². The molecule has 0 aliphatic heterocycles. The van der Waals surface area contributed by atoms with Crippen molar-refractivity contribution in [3.63, 3.8) is 0 Å². The molecule has 0 aliphatic carbocycles. The summed E-state index contributed by atoms with van der Waals surface area (Å²) in [6, 6.07) is 5.58. The van der Waals surface area contributed by atoms with E-state index >= 15 is 0 Å². The van der Waals surface area contributed by atoms with Crippen LogP contribution in [0, 0.1) is 0 Å². The Morgan fingerprint density at radius 1 is 1.12 bits per heavy atom. The van der Waals surface area contributed by atoms with Crippen LogP contribution in [0.5, 0.6) is 0 Å². The second-order valence-electron chi connectivity index (χ2n) is 8.55. The van der Waals surface area contributed by atoms with Gasteiger partial charge in [-0.05, 0) is 42.4 Å². The van der Waals surface area contributed by atoms with E-state index < -0.39 is 35.2 Å². The van der Waals surface area contributed by atoms with Crippen LogP contribution in [0.2, 0.25) is 23.3 Å². The average Bonchev–Trinajstić information content (AvgIpc) is 2.64. The van der Waals surface area contributed by atoms with E-state index in [-0.39, 0.29) is 29.0 Å². The molecule has 0 saturated heterocycles. The molecular formula is C19H26ClF3N4O3SSi. The highest BCUT2D eigenvalue weighted by Gasteiger charge is 2.37. The van der Waals surface area contributed by atoms with Gasteiger partial charge < -0.3 is 9.74 Å². The van der Waals surface area contributed by atoms with Crippen molar-refractivity contribution in [3.05, 3.63) is 41.2 Å². The van der Waals surface area contributed by atoms with Crippen molar-refractivity contribution in [3.8, 4) is 0 Å². The summed E-state index contributed by atoms with van der Waals surface area (Å²) in [5, 5.41) is 1.97. The van der Waals surface area contributed by atoms with Crippen molar-refractivity contribution in [1.82, 2.24) is 14.7 Å². The van der Waals surface area contributed by atoms with Crippen LogP contribution in [-0.4, -0.2) is 39.9 Å². The average molecular weight is 511 g/mol. The van der Waals surface area contributed by atoms with Crippen LogP contribution in [-0.2, 0) is 20.6 Å². The molecule has 0 aliphatic rings. The first kappa shape index (κ1) is 26.5. The summed E-state index contributed by atoms with van der Waals surface area (Å²) in [5.74, 6) is -0.153. The van der Waals surface area contributed by atoms with Gasteiger partial charge in [0.25, 0.3) is 0 Å². The predicted molar refractivity (Wildman–Crippen MR) is 120 cm³/mol. The number of rotatable bonds is 8. The quantitative estimate of drug-likeness (QED) is 0.288. The molecule has 7 nitrogen and oxygen atoms in total. The highest BCUT2D eigenvalue weighted by atomic mass is 35.5. The number of alkyl halides is 3. The van der Waals surface area contributed by atoms with E-state index in [2.05, 4.69) is 53.9 Å². The van der Waals surface area contributed by atoms with E-state index in [1.54, 1.807) is 0 Å². The van der Waals surface area contributed by atoms with Gasteiger partial charge in [0, 0.05) is 25.0 Å². The molecule has 2 N–H and O–H groups in total. The topological polar surface area (TPSA) is 93.2 Å². The minimum atomic E-state index is -4.66. The number of nitrogens with one attached hydrogen (secondary N) is 2. The van der Waals surface area contributed by atoms with Gasteiger partial charge in [-0.3, -0.25) is 0 Å². The van der Waals surface area contributed by atoms with Gasteiger partial charge >= 0.3 is 6.18 Å². The Morgan fingerprint density at radius 3 is 2.22 bits per heavy atom. The third kappa shape index (κ3) is 6.88. The molecule has 1 aromatic carbocycles. The second-order valence-corrected chi connectivity index (χ2v) is 15.5. The van der Waals surface area contributed by atoms with Crippen molar-refractivity contribution in [2.24, 2.45) is 0 Å².